The predicted molar refractivity (Wildman–Crippen MR) is 144 cm³/mol. The molecule has 2 N–H and O–H groups in total. The summed E-state index contributed by atoms with van der Waals surface area (Å²) in [7, 11) is 1.80. The fraction of sp³-hybridized carbons (Fsp3) is 0.483. The summed E-state index contributed by atoms with van der Waals surface area (Å²) in [4.78, 5) is 34.3. The number of carbonyl (C=O) groups excluding carboxylic acids is 1. The Morgan fingerprint density at radius 3 is 2.72 bits per heavy atom. The van der Waals surface area contributed by atoms with Gasteiger partial charge < -0.3 is 10.3 Å². The lowest BCUT2D eigenvalue weighted by atomic mass is 9.68. The zero-order chi connectivity index (χ0) is 25.8. The van der Waals surface area contributed by atoms with E-state index in [9.17, 15) is 9.59 Å². The van der Waals surface area contributed by atoms with Crippen molar-refractivity contribution in [2.75, 3.05) is 0 Å². The molecule has 7 nitrogen and oxygen atoms in total. The van der Waals surface area contributed by atoms with E-state index in [2.05, 4.69) is 51.0 Å². The number of H-pyrrole nitrogens is 1. The van der Waals surface area contributed by atoms with E-state index in [0.717, 1.165) is 47.0 Å². The van der Waals surface area contributed by atoms with Crippen LogP contribution in [0.4, 0.5) is 0 Å². The average molecular weight is 488 g/mol. The van der Waals surface area contributed by atoms with Crippen LogP contribution in [0.15, 0.2) is 47.4 Å². The lowest BCUT2D eigenvalue weighted by Crippen LogP contribution is -2.48. The van der Waals surface area contributed by atoms with Crippen molar-refractivity contribution in [2.45, 2.75) is 72.4 Å². The van der Waals surface area contributed by atoms with Crippen LogP contribution in [0.1, 0.15) is 75.9 Å². The van der Waals surface area contributed by atoms with E-state index < -0.39 is 0 Å². The first-order valence-electron chi connectivity index (χ1n) is 12.9. The van der Waals surface area contributed by atoms with Crippen LogP contribution in [0.25, 0.3) is 22.1 Å². The zero-order valence-corrected chi connectivity index (χ0v) is 22.2. The highest BCUT2D eigenvalue weighted by molar-refractivity contribution is 5.98. The molecule has 3 heterocycles. The summed E-state index contributed by atoms with van der Waals surface area (Å²) in [5, 5.41) is 4.37. The summed E-state index contributed by atoms with van der Waals surface area (Å²) in [6, 6.07) is 11.9. The quantitative estimate of drug-likeness (QED) is 0.407. The lowest BCUT2D eigenvalue weighted by molar-refractivity contribution is 0.0837. The molecule has 5 rings (SSSR count). The second-order valence-corrected chi connectivity index (χ2v) is 12.3. The molecule has 1 aliphatic carbocycles. The molecular weight excluding hydrogens is 450 g/mol. The molecule has 1 fully saturated rings. The number of benzene rings is 1. The minimum Gasteiger partial charge on any atom is -0.361 e. The van der Waals surface area contributed by atoms with Gasteiger partial charge in [0.15, 0.2) is 5.65 Å². The van der Waals surface area contributed by atoms with Gasteiger partial charge in [0.05, 0.1) is 5.52 Å². The molecule has 1 aromatic carbocycles. The van der Waals surface area contributed by atoms with Crippen molar-refractivity contribution in [2.24, 2.45) is 17.9 Å². The number of aromatic nitrogens is 4. The van der Waals surface area contributed by atoms with Crippen molar-refractivity contribution in [3.8, 4) is 0 Å². The van der Waals surface area contributed by atoms with E-state index in [1.165, 1.54) is 0 Å². The summed E-state index contributed by atoms with van der Waals surface area (Å²) in [5.41, 5.74) is 4.24. The molecule has 0 aliphatic heterocycles. The van der Waals surface area contributed by atoms with Crippen molar-refractivity contribution < 1.29 is 4.79 Å². The van der Waals surface area contributed by atoms with Crippen molar-refractivity contribution in [3.63, 3.8) is 0 Å². The van der Waals surface area contributed by atoms with Gasteiger partial charge in [0.25, 0.3) is 5.91 Å². The van der Waals surface area contributed by atoms with Crippen LogP contribution in [0.5, 0.6) is 0 Å². The van der Waals surface area contributed by atoms with Crippen molar-refractivity contribution in [3.05, 3.63) is 64.3 Å². The Hall–Kier alpha value is -3.35. The Morgan fingerprint density at radius 2 is 1.97 bits per heavy atom. The van der Waals surface area contributed by atoms with E-state index >= 15 is 0 Å². The van der Waals surface area contributed by atoms with Gasteiger partial charge in [-0.25, -0.2) is 9.78 Å². The van der Waals surface area contributed by atoms with E-state index in [0.29, 0.717) is 12.1 Å². The highest BCUT2D eigenvalue weighted by atomic mass is 16.2. The first-order valence-corrected chi connectivity index (χ1v) is 12.9. The largest absolute Gasteiger partial charge is 0.361 e. The van der Waals surface area contributed by atoms with Gasteiger partial charge in [0.2, 0.25) is 0 Å². The Labute approximate surface area is 211 Å². The molecule has 0 spiro atoms. The molecule has 0 bridgehead atoms. The molecule has 1 saturated carbocycles. The smallest absolute Gasteiger partial charge is 0.330 e. The molecule has 190 valence electrons. The average Bonchev–Trinajstić information content (AvgIpc) is 3.37. The van der Waals surface area contributed by atoms with E-state index in [4.69, 9.17) is 4.98 Å². The van der Waals surface area contributed by atoms with Crippen LogP contribution in [0, 0.1) is 10.8 Å². The van der Waals surface area contributed by atoms with Crippen LogP contribution < -0.4 is 11.0 Å². The van der Waals surface area contributed by atoms with Gasteiger partial charge in [-0.15, -0.1) is 0 Å². The van der Waals surface area contributed by atoms with Crippen LogP contribution in [-0.2, 0) is 13.6 Å². The molecule has 7 heteroatoms. The van der Waals surface area contributed by atoms with Crippen LogP contribution in [0.3, 0.4) is 0 Å². The number of hydrogen-bond acceptors (Lipinski definition) is 3. The van der Waals surface area contributed by atoms with E-state index in [1.807, 2.05) is 41.1 Å². The maximum atomic E-state index is 13.2. The Morgan fingerprint density at radius 1 is 1.19 bits per heavy atom. The fourth-order valence-corrected chi connectivity index (χ4v) is 5.54. The number of fused-ring (bicyclic) bond motifs is 2. The third-order valence-corrected chi connectivity index (χ3v) is 7.77. The summed E-state index contributed by atoms with van der Waals surface area (Å²) < 4.78 is 3.49. The number of pyridine rings is 1. The van der Waals surface area contributed by atoms with Gasteiger partial charge in [-0.1, -0.05) is 34.6 Å². The number of carbonyl (C=O) groups is 1. The minimum atomic E-state index is -0.0399. The molecule has 2 unspecified atom stereocenters. The van der Waals surface area contributed by atoms with Crippen molar-refractivity contribution in [1.29, 1.82) is 0 Å². The monoisotopic (exact) mass is 487 g/mol. The highest BCUT2D eigenvalue weighted by Crippen LogP contribution is 2.42. The number of aromatic amines is 1. The first kappa shape index (κ1) is 24.3. The number of imidazole rings is 1. The van der Waals surface area contributed by atoms with E-state index in [1.54, 1.807) is 11.6 Å². The maximum absolute atomic E-state index is 13.2. The number of nitrogens with one attached hydrogen (secondary N) is 2. The summed E-state index contributed by atoms with van der Waals surface area (Å²) in [5.74, 6) is 0.183. The van der Waals surface area contributed by atoms with Gasteiger partial charge in [-0.05, 0) is 66.5 Å². The molecule has 36 heavy (non-hydrogen) atoms. The Kier molecular flexibility index (Phi) is 5.85. The summed E-state index contributed by atoms with van der Waals surface area (Å²) >= 11 is 0. The number of aryl methyl sites for hydroxylation is 1. The summed E-state index contributed by atoms with van der Waals surface area (Å²) in [6.07, 6.45) is 4.70. The molecule has 3 aromatic heterocycles. The molecule has 1 amide bonds. The fourth-order valence-electron chi connectivity index (χ4n) is 5.54. The normalized spacial score (nSPS) is 20.2. The van der Waals surface area contributed by atoms with Gasteiger partial charge in [-0.3, -0.25) is 13.9 Å². The Balaban J connectivity index is 1.40. The molecular formula is C29H37N5O2. The van der Waals surface area contributed by atoms with Gasteiger partial charge >= 0.3 is 5.69 Å². The SMILES string of the molecule is Cn1c(=O)n(CC(C)(C)C)c2ccc(C3CCC(C)(C)C(NC(=O)c4ccc5[nH]ccc5c4)C3)nc21. The van der Waals surface area contributed by atoms with Gasteiger partial charge in [-0.2, -0.15) is 0 Å². The zero-order valence-electron chi connectivity index (χ0n) is 22.2. The molecule has 2 atom stereocenters. The Bertz CT molecular complexity index is 1500. The molecule has 4 aromatic rings. The number of nitrogens with zero attached hydrogens (tertiary/aromatic N) is 3. The lowest BCUT2D eigenvalue weighted by Gasteiger charge is -2.42. The molecule has 0 radical (unpaired) electrons. The number of amides is 1. The number of hydrogen-bond donors (Lipinski definition) is 2. The topological polar surface area (TPSA) is 84.7 Å². The van der Waals surface area contributed by atoms with Gasteiger partial charge in [0.1, 0.15) is 0 Å². The van der Waals surface area contributed by atoms with Crippen molar-refractivity contribution in [1.82, 2.24) is 24.4 Å². The maximum Gasteiger partial charge on any atom is 0.330 e. The third-order valence-electron chi connectivity index (χ3n) is 7.77. The number of rotatable bonds is 4. The van der Waals surface area contributed by atoms with Crippen LogP contribution in [-0.4, -0.2) is 31.1 Å². The predicted octanol–water partition coefficient (Wildman–Crippen LogP) is 5.35. The second kappa shape index (κ2) is 8.64. The second-order valence-electron chi connectivity index (χ2n) is 12.3. The molecule has 1 aliphatic rings. The molecule has 0 saturated heterocycles. The minimum absolute atomic E-state index is 0.0111. The third kappa shape index (κ3) is 4.47. The first-order chi connectivity index (χ1) is 16.9. The van der Waals surface area contributed by atoms with Crippen LogP contribution in [0.2, 0.25) is 0 Å². The van der Waals surface area contributed by atoms with E-state index in [-0.39, 0.29) is 34.4 Å². The van der Waals surface area contributed by atoms with Gasteiger partial charge in [0, 0.05) is 53.9 Å². The van der Waals surface area contributed by atoms with Crippen molar-refractivity contribution >= 4 is 28.0 Å². The highest BCUT2D eigenvalue weighted by Gasteiger charge is 2.38. The summed E-state index contributed by atoms with van der Waals surface area (Å²) in [6.45, 7) is 11.5. The standard InChI is InChI=1S/C29H37N5O2/c1-28(2,3)17-34-23-10-9-22(31-25(23)33(6)27(34)36)18-11-13-29(4,5)24(16-18)32-26(35)20-7-8-21-19(15-20)12-14-30-21/h7-10,12,14-15,18,24,30H,11,13,16-17H2,1-6H3,(H,32,35). The van der Waals surface area contributed by atoms with Crippen LogP contribution >= 0.6 is 0 Å².